The van der Waals surface area contributed by atoms with Gasteiger partial charge in [0.05, 0.1) is 11.1 Å². The summed E-state index contributed by atoms with van der Waals surface area (Å²) in [5.74, 6) is -1.55. The van der Waals surface area contributed by atoms with Crippen molar-refractivity contribution in [2.45, 2.75) is 32.2 Å². The van der Waals surface area contributed by atoms with Gasteiger partial charge in [-0.1, -0.05) is 35.4 Å². The van der Waals surface area contributed by atoms with Crippen LogP contribution in [-0.4, -0.2) is 48.2 Å². The first kappa shape index (κ1) is 21.2. The normalized spacial score (nSPS) is 13.9. The van der Waals surface area contributed by atoms with E-state index < -0.39 is 36.9 Å². The molecule has 0 bridgehead atoms. The number of ether oxygens (including phenoxy) is 2. The SMILES string of the molecule is Cc1ccc(C(=O)OC[C@@H](O)[C@@H](OC(=O)c2ccc(C)cc2)[C@H](F)C=N)cc1. The van der Waals surface area contributed by atoms with Gasteiger partial charge < -0.3 is 20.0 Å². The molecule has 0 saturated heterocycles. The standard InChI is InChI=1S/C21H22FNO5/c1-13-3-7-15(8-4-13)20(25)27-12-18(24)19(17(22)11-23)28-21(26)16-9-5-14(2)6-10-16/h3-11,17-19,23-24H,12H2,1-2H3/t17-,18-,19+/m1/s1. The number of hydrogen-bond acceptors (Lipinski definition) is 6. The Balaban J connectivity index is 2.01. The highest BCUT2D eigenvalue weighted by Crippen LogP contribution is 2.14. The molecule has 148 valence electrons. The fourth-order valence-corrected chi connectivity index (χ4v) is 2.36. The molecule has 28 heavy (non-hydrogen) atoms. The molecule has 0 aliphatic carbocycles. The molecule has 0 radical (unpaired) electrons. The zero-order valence-corrected chi connectivity index (χ0v) is 15.6. The zero-order chi connectivity index (χ0) is 20.7. The number of rotatable bonds is 8. The quantitative estimate of drug-likeness (QED) is 0.536. The van der Waals surface area contributed by atoms with Crippen LogP contribution < -0.4 is 0 Å². The second-order valence-electron chi connectivity index (χ2n) is 6.38. The number of hydrogen-bond donors (Lipinski definition) is 2. The molecular weight excluding hydrogens is 365 g/mol. The number of carbonyl (C=O) groups excluding carboxylic acids is 2. The van der Waals surface area contributed by atoms with Gasteiger partial charge in [-0.25, -0.2) is 14.0 Å². The predicted octanol–water partition coefficient (Wildman–Crippen LogP) is 3.03. The first-order valence-corrected chi connectivity index (χ1v) is 8.66. The molecule has 0 spiro atoms. The Morgan fingerprint density at radius 2 is 1.46 bits per heavy atom. The lowest BCUT2D eigenvalue weighted by Gasteiger charge is -2.24. The fourth-order valence-electron chi connectivity index (χ4n) is 2.36. The van der Waals surface area contributed by atoms with E-state index in [2.05, 4.69) is 0 Å². The maximum atomic E-state index is 14.1. The molecule has 2 N–H and O–H groups in total. The smallest absolute Gasteiger partial charge is 0.338 e. The van der Waals surface area contributed by atoms with Crippen molar-refractivity contribution in [1.29, 1.82) is 5.41 Å². The van der Waals surface area contributed by atoms with Crippen molar-refractivity contribution < 1.29 is 28.6 Å². The topological polar surface area (TPSA) is 96.7 Å². The minimum atomic E-state index is -2.05. The number of nitrogens with one attached hydrogen (secondary N) is 1. The van der Waals surface area contributed by atoms with E-state index in [9.17, 15) is 19.1 Å². The molecule has 0 aliphatic heterocycles. The largest absolute Gasteiger partial charge is 0.459 e. The second-order valence-corrected chi connectivity index (χ2v) is 6.38. The van der Waals surface area contributed by atoms with E-state index >= 15 is 0 Å². The van der Waals surface area contributed by atoms with E-state index in [1.807, 2.05) is 13.8 Å². The zero-order valence-electron chi connectivity index (χ0n) is 15.6. The Labute approximate surface area is 162 Å². The number of aliphatic hydroxyl groups is 1. The average molecular weight is 387 g/mol. The van der Waals surface area contributed by atoms with E-state index in [0.717, 1.165) is 11.1 Å². The molecule has 0 saturated carbocycles. The highest BCUT2D eigenvalue weighted by Gasteiger charge is 2.32. The Hall–Kier alpha value is -3.06. The molecule has 0 aliphatic rings. The van der Waals surface area contributed by atoms with E-state index in [-0.39, 0.29) is 11.1 Å². The van der Waals surface area contributed by atoms with Crippen molar-refractivity contribution in [1.82, 2.24) is 0 Å². The van der Waals surface area contributed by atoms with Gasteiger partial charge in [0.2, 0.25) is 0 Å². The number of halogens is 1. The summed E-state index contributed by atoms with van der Waals surface area (Å²) in [6, 6.07) is 13.0. The molecule has 0 heterocycles. The van der Waals surface area contributed by atoms with Gasteiger partial charge >= 0.3 is 11.9 Å². The molecule has 2 aromatic rings. The van der Waals surface area contributed by atoms with Crippen LogP contribution in [0, 0.1) is 19.3 Å². The highest BCUT2D eigenvalue weighted by molar-refractivity contribution is 5.90. The minimum absolute atomic E-state index is 0.177. The Morgan fingerprint density at radius 1 is 1.00 bits per heavy atom. The van der Waals surface area contributed by atoms with Gasteiger partial charge in [0, 0.05) is 6.21 Å². The molecule has 6 nitrogen and oxygen atoms in total. The lowest BCUT2D eigenvalue weighted by Crippen LogP contribution is -2.42. The van der Waals surface area contributed by atoms with Crippen LogP contribution in [0.25, 0.3) is 0 Å². The summed E-state index contributed by atoms with van der Waals surface area (Å²) in [4.78, 5) is 24.2. The molecule has 0 fully saturated rings. The summed E-state index contributed by atoms with van der Waals surface area (Å²) >= 11 is 0. The van der Waals surface area contributed by atoms with Crippen LogP contribution in [0.3, 0.4) is 0 Å². The molecule has 2 rings (SSSR count). The molecule has 3 atom stereocenters. The third-order valence-corrected chi connectivity index (χ3v) is 4.06. The Morgan fingerprint density at radius 3 is 1.93 bits per heavy atom. The van der Waals surface area contributed by atoms with Crippen molar-refractivity contribution in [3.05, 3.63) is 70.8 Å². The third-order valence-electron chi connectivity index (χ3n) is 4.06. The highest BCUT2D eigenvalue weighted by atomic mass is 19.1. The monoisotopic (exact) mass is 387 g/mol. The maximum Gasteiger partial charge on any atom is 0.338 e. The van der Waals surface area contributed by atoms with Crippen LogP contribution in [0.4, 0.5) is 4.39 Å². The van der Waals surface area contributed by atoms with Crippen molar-refractivity contribution in [2.75, 3.05) is 6.61 Å². The minimum Gasteiger partial charge on any atom is -0.459 e. The second kappa shape index (κ2) is 9.75. The number of esters is 2. The summed E-state index contributed by atoms with van der Waals surface area (Å²) < 4.78 is 24.1. The lowest BCUT2D eigenvalue weighted by atomic mass is 10.1. The van der Waals surface area contributed by atoms with Crippen LogP contribution in [-0.2, 0) is 9.47 Å². The summed E-state index contributed by atoms with van der Waals surface area (Å²) in [7, 11) is 0. The molecule has 7 heteroatoms. The Bertz CT molecular complexity index is 820. The van der Waals surface area contributed by atoms with E-state index in [1.54, 1.807) is 36.4 Å². The molecule has 0 aromatic heterocycles. The van der Waals surface area contributed by atoms with Crippen LogP contribution in [0.1, 0.15) is 31.8 Å². The molecule has 2 aromatic carbocycles. The van der Waals surface area contributed by atoms with Crippen LogP contribution in [0.15, 0.2) is 48.5 Å². The number of alkyl halides is 1. The van der Waals surface area contributed by atoms with Crippen LogP contribution >= 0.6 is 0 Å². The molecular formula is C21H22FNO5. The van der Waals surface area contributed by atoms with Crippen LogP contribution in [0.2, 0.25) is 0 Å². The maximum absolute atomic E-state index is 14.1. The Kier molecular flexibility index (Phi) is 7.40. The van der Waals surface area contributed by atoms with Gasteiger partial charge in [-0.05, 0) is 38.1 Å². The summed E-state index contributed by atoms with van der Waals surface area (Å²) in [6.45, 7) is 3.12. The van der Waals surface area contributed by atoms with E-state index in [4.69, 9.17) is 14.9 Å². The van der Waals surface area contributed by atoms with Gasteiger partial charge in [-0.3, -0.25) is 0 Å². The lowest BCUT2D eigenvalue weighted by molar-refractivity contribution is -0.0591. The summed E-state index contributed by atoms with van der Waals surface area (Å²) in [5, 5.41) is 17.3. The van der Waals surface area contributed by atoms with E-state index in [0.29, 0.717) is 6.21 Å². The first-order chi connectivity index (χ1) is 13.3. The first-order valence-electron chi connectivity index (χ1n) is 8.66. The number of benzene rings is 2. The van der Waals surface area contributed by atoms with E-state index in [1.165, 1.54) is 12.1 Å². The van der Waals surface area contributed by atoms with Gasteiger partial charge in [0.1, 0.15) is 12.7 Å². The van der Waals surface area contributed by atoms with Crippen molar-refractivity contribution in [3.8, 4) is 0 Å². The van der Waals surface area contributed by atoms with Crippen molar-refractivity contribution >= 4 is 18.2 Å². The molecule has 0 unspecified atom stereocenters. The third kappa shape index (κ3) is 5.72. The van der Waals surface area contributed by atoms with Gasteiger partial charge in [0.15, 0.2) is 12.3 Å². The van der Waals surface area contributed by atoms with Crippen molar-refractivity contribution in [2.24, 2.45) is 0 Å². The number of carbonyl (C=O) groups is 2. The van der Waals surface area contributed by atoms with Gasteiger partial charge in [-0.15, -0.1) is 0 Å². The summed E-state index contributed by atoms with van der Waals surface area (Å²) in [6.07, 6.45) is -4.96. The van der Waals surface area contributed by atoms with Gasteiger partial charge in [0.25, 0.3) is 0 Å². The number of aliphatic hydroxyl groups excluding tert-OH is 1. The molecule has 0 amide bonds. The van der Waals surface area contributed by atoms with Gasteiger partial charge in [-0.2, -0.15) is 0 Å². The summed E-state index contributed by atoms with van der Waals surface area (Å²) in [5.41, 5.74) is 2.34. The van der Waals surface area contributed by atoms with Crippen LogP contribution in [0.5, 0.6) is 0 Å². The van der Waals surface area contributed by atoms with Crippen molar-refractivity contribution in [3.63, 3.8) is 0 Å². The number of aryl methyl sites for hydroxylation is 2. The average Bonchev–Trinajstić information content (AvgIpc) is 2.70. The predicted molar refractivity (Wildman–Crippen MR) is 102 cm³/mol. The fraction of sp³-hybridized carbons (Fsp3) is 0.286.